The summed E-state index contributed by atoms with van der Waals surface area (Å²) in [6.07, 6.45) is 0.204. The second-order valence-corrected chi connectivity index (χ2v) is 8.15. The number of methoxy groups -OCH3 is 2. The maximum Gasteiger partial charge on any atom is 0.244 e. The Morgan fingerprint density at radius 2 is 1.86 bits per heavy atom. The predicted molar refractivity (Wildman–Crippen MR) is 102 cm³/mol. The van der Waals surface area contributed by atoms with Gasteiger partial charge in [0.2, 0.25) is 15.9 Å². The quantitative estimate of drug-likeness (QED) is 0.759. The first kappa shape index (κ1) is 20.1. The molecule has 1 heterocycles. The molecule has 1 aliphatic heterocycles. The van der Waals surface area contributed by atoms with Gasteiger partial charge in [-0.15, -0.1) is 0 Å². The Morgan fingerprint density at radius 1 is 1.14 bits per heavy atom. The summed E-state index contributed by atoms with van der Waals surface area (Å²) in [4.78, 5) is 13.8. The Kier molecular flexibility index (Phi) is 5.85. The molecule has 0 radical (unpaired) electrons. The number of carbonyl (C=O) groups is 1. The van der Waals surface area contributed by atoms with Crippen molar-refractivity contribution in [2.24, 2.45) is 5.92 Å². The highest BCUT2D eigenvalue weighted by Crippen LogP contribution is 2.29. The largest absolute Gasteiger partial charge is 0.497 e. The van der Waals surface area contributed by atoms with Crippen LogP contribution in [0.5, 0.6) is 11.5 Å². The summed E-state index contributed by atoms with van der Waals surface area (Å²) in [6.45, 7) is 0.439. The number of halogens is 1. The second-order valence-electron chi connectivity index (χ2n) is 6.42. The first-order chi connectivity index (χ1) is 13.3. The molecule has 1 fully saturated rings. The van der Waals surface area contributed by atoms with Crippen LogP contribution in [0.15, 0.2) is 47.4 Å². The minimum atomic E-state index is -3.86. The van der Waals surface area contributed by atoms with Gasteiger partial charge >= 0.3 is 0 Å². The molecule has 9 heteroatoms. The molecule has 0 bridgehead atoms. The van der Waals surface area contributed by atoms with Gasteiger partial charge in [0, 0.05) is 31.3 Å². The average Bonchev–Trinajstić information content (AvgIpc) is 3.07. The Labute approximate surface area is 163 Å². The molecule has 1 saturated heterocycles. The van der Waals surface area contributed by atoms with E-state index in [-0.39, 0.29) is 41.3 Å². The van der Waals surface area contributed by atoms with E-state index in [4.69, 9.17) is 9.47 Å². The molecule has 28 heavy (non-hydrogen) atoms. The molecule has 150 valence electrons. The zero-order valence-corrected chi connectivity index (χ0v) is 16.3. The summed E-state index contributed by atoms with van der Waals surface area (Å²) in [5.74, 6) is -0.130. The topological polar surface area (TPSA) is 84.9 Å². The number of amides is 1. The van der Waals surface area contributed by atoms with E-state index in [1.807, 2.05) is 0 Å². The molecule has 0 saturated carbocycles. The number of carbonyl (C=O) groups excluding carboxylic acids is 1. The van der Waals surface area contributed by atoms with Crippen molar-refractivity contribution in [3.63, 3.8) is 0 Å². The molecule has 3 rings (SSSR count). The van der Waals surface area contributed by atoms with Gasteiger partial charge in [-0.3, -0.25) is 4.79 Å². The van der Waals surface area contributed by atoms with Crippen molar-refractivity contribution in [3.05, 3.63) is 48.3 Å². The molecule has 0 aliphatic carbocycles. The molecular weight excluding hydrogens is 387 g/mol. The molecule has 0 spiro atoms. The molecule has 0 unspecified atom stereocenters. The molecule has 1 N–H and O–H groups in total. The van der Waals surface area contributed by atoms with E-state index in [0.717, 1.165) is 0 Å². The number of benzene rings is 2. The monoisotopic (exact) mass is 408 g/mol. The van der Waals surface area contributed by atoms with E-state index in [0.29, 0.717) is 18.0 Å². The summed E-state index contributed by atoms with van der Waals surface area (Å²) in [7, 11) is -1.03. The molecule has 1 amide bonds. The number of anilines is 1. The smallest absolute Gasteiger partial charge is 0.244 e. The molecule has 1 atom stereocenters. The van der Waals surface area contributed by atoms with Crippen molar-refractivity contribution < 1.29 is 27.1 Å². The predicted octanol–water partition coefficient (Wildman–Crippen LogP) is 2.17. The van der Waals surface area contributed by atoms with Gasteiger partial charge in [0.1, 0.15) is 22.2 Å². The maximum atomic E-state index is 13.1. The SMILES string of the molecule is COc1ccc(OC)c(S(=O)(=O)NC[C@@H]2CC(=O)N(c3ccc(F)cc3)C2)c1. The summed E-state index contributed by atoms with van der Waals surface area (Å²) in [5, 5.41) is 0. The van der Waals surface area contributed by atoms with Crippen LogP contribution in [0.2, 0.25) is 0 Å². The minimum Gasteiger partial charge on any atom is -0.497 e. The van der Waals surface area contributed by atoms with Crippen LogP contribution in [0.25, 0.3) is 0 Å². The van der Waals surface area contributed by atoms with Gasteiger partial charge in [0.15, 0.2) is 0 Å². The van der Waals surface area contributed by atoms with Crippen molar-refractivity contribution in [2.75, 3.05) is 32.2 Å². The standard InChI is InChI=1S/C19H21FN2O5S/c1-26-16-7-8-17(27-2)18(10-16)28(24,25)21-11-13-9-19(23)22(12-13)15-5-3-14(20)4-6-15/h3-8,10,13,21H,9,11-12H2,1-2H3/t13-/m0/s1. The van der Waals surface area contributed by atoms with Crippen molar-refractivity contribution in [1.29, 1.82) is 0 Å². The normalized spacial score (nSPS) is 17.0. The van der Waals surface area contributed by atoms with Crippen LogP contribution in [0, 0.1) is 11.7 Å². The highest BCUT2D eigenvalue weighted by molar-refractivity contribution is 7.89. The highest BCUT2D eigenvalue weighted by Gasteiger charge is 2.32. The number of hydrogen-bond acceptors (Lipinski definition) is 5. The van der Waals surface area contributed by atoms with E-state index in [1.54, 1.807) is 6.07 Å². The van der Waals surface area contributed by atoms with Gasteiger partial charge < -0.3 is 14.4 Å². The zero-order valence-electron chi connectivity index (χ0n) is 15.5. The van der Waals surface area contributed by atoms with Gasteiger partial charge in [-0.1, -0.05) is 0 Å². The zero-order chi connectivity index (χ0) is 20.3. The third-order valence-corrected chi connectivity index (χ3v) is 6.01. The number of ether oxygens (including phenoxy) is 2. The lowest BCUT2D eigenvalue weighted by Crippen LogP contribution is -2.31. The number of hydrogen-bond donors (Lipinski definition) is 1. The summed E-state index contributed by atoms with van der Waals surface area (Å²) >= 11 is 0. The number of nitrogens with zero attached hydrogens (tertiary/aromatic N) is 1. The number of sulfonamides is 1. The number of nitrogens with one attached hydrogen (secondary N) is 1. The lowest BCUT2D eigenvalue weighted by atomic mass is 10.1. The molecule has 0 aromatic heterocycles. The maximum absolute atomic E-state index is 13.1. The molecular formula is C19H21FN2O5S. The molecule has 1 aliphatic rings. The van der Waals surface area contributed by atoms with Crippen LogP contribution in [0.4, 0.5) is 10.1 Å². The molecule has 7 nitrogen and oxygen atoms in total. The molecule has 2 aromatic rings. The van der Waals surface area contributed by atoms with Crippen molar-refractivity contribution in [3.8, 4) is 11.5 Å². The average molecular weight is 408 g/mol. The van der Waals surface area contributed by atoms with Crippen LogP contribution in [-0.2, 0) is 14.8 Å². The van der Waals surface area contributed by atoms with Gasteiger partial charge in [-0.05, 0) is 42.3 Å². The highest BCUT2D eigenvalue weighted by atomic mass is 32.2. The van der Waals surface area contributed by atoms with E-state index in [9.17, 15) is 17.6 Å². The second kappa shape index (κ2) is 8.15. The van der Waals surface area contributed by atoms with Gasteiger partial charge in [-0.2, -0.15) is 0 Å². The van der Waals surface area contributed by atoms with Crippen molar-refractivity contribution >= 4 is 21.6 Å². The van der Waals surface area contributed by atoms with Crippen molar-refractivity contribution in [1.82, 2.24) is 4.72 Å². The lowest BCUT2D eigenvalue weighted by Gasteiger charge is -2.17. The first-order valence-corrected chi connectivity index (χ1v) is 10.1. The third-order valence-electron chi connectivity index (χ3n) is 4.57. The fourth-order valence-corrected chi connectivity index (χ4v) is 4.39. The van der Waals surface area contributed by atoms with Gasteiger partial charge in [0.05, 0.1) is 14.2 Å². The molecule has 2 aromatic carbocycles. The van der Waals surface area contributed by atoms with E-state index >= 15 is 0 Å². The Bertz CT molecular complexity index is 963. The first-order valence-electron chi connectivity index (χ1n) is 8.61. The minimum absolute atomic E-state index is 0.0333. The van der Waals surface area contributed by atoms with Gasteiger partial charge in [-0.25, -0.2) is 17.5 Å². The van der Waals surface area contributed by atoms with E-state index in [1.165, 1.54) is 55.5 Å². The van der Waals surface area contributed by atoms with Crippen LogP contribution in [0.3, 0.4) is 0 Å². The summed E-state index contributed by atoms with van der Waals surface area (Å²) < 4.78 is 51.3. The van der Waals surface area contributed by atoms with Crippen LogP contribution in [0.1, 0.15) is 6.42 Å². The lowest BCUT2D eigenvalue weighted by molar-refractivity contribution is -0.117. The van der Waals surface area contributed by atoms with Crippen LogP contribution < -0.4 is 19.1 Å². The van der Waals surface area contributed by atoms with E-state index < -0.39 is 10.0 Å². The summed E-state index contributed by atoms with van der Waals surface area (Å²) in [6, 6.07) is 10.1. The third kappa shape index (κ3) is 4.26. The van der Waals surface area contributed by atoms with Crippen molar-refractivity contribution in [2.45, 2.75) is 11.3 Å². The Balaban J connectivity index is 1.70. The Morgan fingerprint density at radius 3 is 2.50 bits per heavy atom. The Hall–Kier alpha value is -2.65. The fraction of sp³-hybridized carbons (Fsp3) is 0.316. The summed E-state index contributed by atoms with van der Waals surface area (Å²) in [5.41, 5.74) is 0.589. The fourth-order valence-electron chi connectivity index (χ4n) is 3.09. The number of rotatable bonds is 7. The van der Waals surface area contributed by atoms with E-state index in [2.05, 4.69) is 4.72 Å². The van der Waals surface area contributed by atoms with Crippen LogP contribution >= 0.6 is 0 Å². The van der Waals surface area contributed by atoms with Gasteiger partial charge in [0.25, 0.3) is 0 Å². The van der Waals surface area contributed by atoms with Crippen LogP contribution in [-0.4, -0.2) is 41.6 Å².